The van der Waals surface area contributed by atoms with Crippen LogP contribution in [0.2, 0.25) is 0 Å². The van der Waals surface area contributed by atoms with Gasteiger partial charge in [0.15, 0.2) is 0 Å². The van der Waals surface area contributed by atoms with Crippen molar-refractivity contribution in [2.45, 2.75) is 63.6 Å². The SMILES string of the molecule is CN1CCN(CCN2C(=O)c3ccc(-c4ccco4)n3C[C@]2(C)C(=O)NC2CCCCCC2)CC1. The lowest BCUT2D eigenvalue weighted by molar-refractivity contribution is -0.133. The minimum Gasteiger partial charge on any atom is -0.463 e. The van der Waals surface area contributed by atoms with Crippen LogP contribution in [0.1, 0.15) is 55.9 Å². The fourth-order valence-corrected chi connectivity index (χ4v) is 5.84. The summed E-state index contributed by atoms with van der Waals surface area (Å²) in [5, 5.41) is 3.35. The van der Waals surface area contributed by atoms with Crippen LogP contribution in [0, 0.1) is 0 Å². The van der Waals surface area contributed by atoms with Gasteiger partial charge < -0.3 is 24.1 Å². The fourth-order valence-electron chi connectivity index (χ4n) is 5.84. The van der Waals surface area contributed by atoms with Crippen molar-refractivity contribution < 1.29 is 14.0 Å². The van der Waals surface area contributed by atoms with Crippen LogP contribution in [0.5, 0.6) is 0 Å². The van der Waals surface area contributed by atoms with Crippen LogP contribution in [-0.2, 0) is 11.3 Å². The Morgan fingerprint density at radius 3 is 2.43 bits per heavy atom. The van der Waals surface area contributed by atoms with E-state index in [1.807, 2.05) is 40.7 Å². The zero-order valence-corrected chi connectivity index (χ0v) is 21.2. The van der Waals surface area contributed by atoms with Crippen molar-refractivity contribution in [1.82, 2.24) is 24.6 Å². The number of carbonyl (C=O) groups excluding carboxylic acids is 2. The zero-order chi connectivity index (χ0) is 24.4. The number of carbonyl (C=O) groups is 2. The number of aromatic nitrogens is 1. The van der Waals surface area contributed by atoms with E-state index >= 15 is 0 Å². The summed E-state index contributed by atoms with van der Waals surface area (Å²) in [4.78, 5) is 34.3. The van der Waals surface area contributed by atoms with Gasteiger partial charge in [0.05, 0.1) is 18.5 Å². The van der Waals surface area contributed by atoms with Gasteiger partial charge in [0, 0.05) is 45.3 Å². The van der Waals surface area contributed by atoms with E-state index in [-0.39, 0.29) is 17.9 Å². The normalized spacial score (nSPS) is 24.9. The first-order valence-electron chi connectivity index (χ1n) is 13.2. The second kappa shape index (κ2) is 10.2. The number of hydrogen-bond acceptors (Lipinski definition) is 5. The predicted molar refractivity (Wildman–Crippen MR) is 135 cm³/mol. The Balaban J connectivity index is 1.41. The Labute approximate surface area is 208 Å². The number of rotatable bonds is 6. The third-order valence-corrected chi connectivity index (χ3v) is 8.20. The van der Waals surface area contributed by atoms with Crippen molar-refractivity contribution in [3.8, 4) is 11.5 Å². The van der Waals surface area contributed by atoms with Crippen molar-refractivity contribution in [2.24, 2.45) is 0 Å². The van der Waals surface area contributed by atoms with Gasteiger partial charge in [-0.25, -0.2) is 0 Å². The number of likely N-dealkylation sites (N-methyl/N-ethyl adjacent to an activating group) is 1. The molecule has 0 radical (unpaired) electrons. The highest BCUT2D eigenvalue weighted by Gasteiger charge is 2.48. The second-order valence-corrected chi connectivity index (χ2v) is 10.7. The highest BCUT2D eigenvalue weighted by Crippen LogP contribution is 2.33. The van der Waals surface area contributed by atoms with Gasteiger partial charge in [0.25, 0.3) is 5.91 Å². The van der Waals surface area contributed by atoms with Crippen LogP contribution >= 0.6 is 0 Å². The number of nitrogens with zero attached hydrogens (tertiary/aromatic N) is 4. The van der Waals surface area contributed by atoms with E-state index < -0.39 is 5.54 Å². The van der Waals surface area contributed by atoms with Crippen LogP contribution in [0.3, 0.4) is 0 Å². The van der Waals surface area contributed by atoms with Crippen molar-refractivity contribution in [3.63, 3.8) is 0 Å². The number of furan rings is 1. The highest BCUT2D eigenvalue weighted by atomic mass is 16.3. The summed E-state index contributed by atoms with van der Waals surface area (Å²) in [5.74, 6) is 0.587. The molecular weight excluding hydrogens is 442 g/mol. The van der Waals surface area contributed by atoms with Gasteiger partial charge >= 0.3 is 0 Å². The maximum Gasteiger partial charge on any atom is 0.271 e. The lowest BCUT2D eigenvalue weighted by Crippen LogP contribution is -2.66. The van der Waals surface area contributed by atoms with Gasteiger partial charge in [-0.15, -0.1) is 0 Å². The molecule has 1 saturated carbocycles. The molecule has 3 aliphatic rings. The quantitative estimate of drug-likeness (QED) is 0.642. The molecule has 2 amide bonds. The number of amides is 2. The van der Waals surface area contributed by atoms with Gasteiger partial charge in [0.2, 0.25) is 5.91 Å². The van der Waals surface area contributed by atoms with E-state index in [1.54, 1.807) is 6.26 Å². The maximum absolute atomic E-state index is 13.9. The first-order chi connectivity index (χ1) is 17.0. The van der Waals surface area contributed by atoms with Crippen molar-refractivity contribution in [2.75, 3.05) is 46.3 Å². The monoisotopic (exact) mass is 481 g/mol. The first kappa shape index (κ1) is 24.1. The molecule has 35 heavy (non-hydrogen) atoms. The summed E-state index contributed by atoms with van der Waals surface area (Å²) in [7, 11) is 2.14. The lowest BCUT2D eigenvalue weighted by atomic mass is 9.93. The number of piperazine rings is 1. The molecule has 0 spiro atoms. The molecule has 8 nitrogen and oxygen atoms in total. The molecule has 0 bridgehead atoms. The Morgan fingerprint density at radius 1 is 1.03 bits per heavy atom. The summed E-state index contributed by atoms with van der Waals surface area (Å²) >= 11 is 0. The van der Waals surface area contributed by atoms with E-state index in [2.05, 4.69) is 22.2 Å². The molecule has 0 aromatic carbocycles. The van der Waals surface area contributed by atoms with E-state index in [1.165, 1.54) is 12.8 Å². The molecule has 2 aliphatic heterocycles. The Kier molecular flexibility index (Phi) is 7.02. The zero-order valence-electron chi connectivity index (χ0n) is 21.2. The van der Waals surface area contributed by atoms with Crippen molar-refractivity contribution in [3.05, 3.63) is 36.2 Å². The third kappa shape index (κ3) is 4.91. The molecule has 2 aromatic rings. The van der Waals surface area contributed by atoms with Crippen LogP contribution < -0.4 is 5.32 Å². The molecule has 1 aliphatic carbocycles. The Morgan fingerprint density at radius 2 is 1.74 bits per heavy atom. The molecule has 5 rings (SSSR count). The largest absolute Gasteiger partial charge is 0.463 e. The van der Waals surface area contributed by atoms with E-state index in [4.69, 9.17) is 4.42 Å². The molecule has 2 aromatic heterocycles. The number of hydrogen-bond donors (Lipinski definition) is 1. The van der Waals surface area contributed by atoms with Gasteiger partial charge in [0.1, 0.15) is 17.0 Å². The summed E-state index contributed by atoms with van der Waals surface area (Å²) in [6.45, 7) is 7.71. The molecule has 4 heterocycles. The van der Waals surface area contributed by atoms with Crippen LogP contribution in [0.15, 0.2) is 34.9 Å². The molecule has 190 valence electrons. The minimum atomic E-state index is -0.969. The predicted octanol–water partition coefficient (Wildman–Crippen LogP) is 3.05. The Bertz CT molecular complexity index is 1020. The van der Waals surface area contributed by atoms with E-state index in [0.717, 1.165) is 64.1 Å². The summed E-state index contributed by atoms with van der Waals surface area (Å²) in [5.41, 5.74) is 0.489. The average Bonchev–Trinajstić information content (AvgIpc) is 3.45. The summed E-state index contributed by atoms with van der Waals surface area (Å²) < 4.78 is 7.62. The maximum atomic E-state index is 13.9. The fraction of sp³-hybridized carbons (Fsp3) is 0.630. The molecular formula is C27H39N5O3. The van der Waals surface area contributed by atoms with Crippen LogP contribution in [-0.4, -0.2) is 89.0 Å². The highest BCUT2D eigenvalue weighted by molar-refractivity contribution is 6.00. The van der Waals surface area contributed by atoms with E-state index in [0.29, 0.717) is 24.5 Å². The molecule has 1 atom stereocenters. The molecule has 0 unspecified atom stereocenters. The second-order valence-electron chi connectivity index (χ2n) is 10.7. The topological polar surface area (TPSA) is 74.0 Å². The number of nitrogens with one attached hydrogen (secondary N) is 1. The smallest absolute Gasteiger partial charge is 0.271 e. The summed E-state index contributed by atoms with van der Waals surface area (Å²) in [6.07, 6.45) is 8.44. The van der Waals surface area contributed by atoms with Gasteiger partial charge in [-0.3, -0.25) is 14.5 Å². The molecule has 8 heteroatoms. The van der Waals surface area contributed by atoms with Gasteiger partial charge in [-0.1, -0.05) is 25.7 Å². The van der Waals surface area contributed by atoms with Crippen molar-refractivity contribution >= 4 is 11.8 Å². The lowest BCUT2D eigenvalue weighted by Gasteiger charge is -2.45. The molecule has 1 N–H and O–H groups in total. The molecule has 2 fully saturated rings. The van der Waals surface area contributed by atoms with Crippen LogP contribution in [0.4, 0.5) is 0 Å². The average molecular weight is 482 g/mol. The van der Waals surface area contributed by atoms with E-state index in [9.17, 15) is 9.59 Å². The standard InChI is InChI=1S/C27H39N5O3/c1-27(26(34)28-21-8-5-3-4-6-9-21)20-31-22(24-10-7-19-35-24)11-12-23(31)25(33)32(27)18-17-30-15-13-29(2)14-16-30/h7,10-12,19,21H,3-6,8-9,13-18,20H2,1-2H3,(H,28,34)/t27-/m1/s1. The van der Waals surface area contributed by atoms with Gasteiger partial charge in [-0.2, -0.15) is 0 Å². The number of fused-ring (bicyclic) bond motifs is 1. The van der Waals surface area contributed by atoms with Gasteiger partial charge in [-0.05, 0) is 51.1 Å². The van der Waals surface area contributed by atoms with Crippen molar-refractivity contribution in [1.29, 1.82) is 0 Å². The molecule has 1 saturated heterocycles. The summed E-state index contributed by atoms with van der Waals surface area (Å²) in [6, 6.07) is 7.73. The first-order valence-corrected chi connectivity index (χ1v) is 13.2. The van der Waals surface area contributed by atoms with Crippen LogP contribution in [0.25, 0.3) is 11.5 Å². The third-order valence-electron chi connectivity index (χ3n) is 8.20. The minimum absolute atomic E-state index is 0.0409. The Hall–Kier alpha value is -2.58.